The molecule has 1 aliphatic rings. The maximum atomic E-state index is 13.7. The first kappa shape index (κ1) is 30.4. The van der Waals surface area contributed by atoms with Crippen LogP contribution < -0.4 is 20.7 Å². The van der Waals surface area contributed by atoms with E-state index in [9.17, 15) is 19.5 Å². The van der Waals surface area contributed by atoms with Gasteiger partial charge in [-0.1, -0.05) is 67.6 Å². The summed E-state index contributed by atoms with van der Waals surface area (Å²) in [5, 5.41) is 20.5. The number of hydrogen-bond donors (Lipinski definition) is 4. The number of aliphatic hydroxyl groups is 1. The van der Waals surface area contributed by atoms with Crippen molar-refractivity contribution < 1.29 is 24.2 Å². The lowest BCUT2D eigenvalue weighted by atomic mass is 9.99. The highest BCUT2D eigenvalue weighted by Gasteiger charge is 2.35. The number of fused-ring (bicyclic) bond motifs is 2. The Morgan fingerprint density at radius 1 is 0.932 bits per heavy atom. The van der Waals surface area contributed by atoms with Crippen LogP contribution in [0.15, 0.2) is 91.0 Å². The molecule has 0 bridgehead atoms. The summed E-state index contributed by atoms with van der Waals surface area (Å²) >= 11 is 0. The molecule has 0 fully saturated rings. The molecule has 4 N–H and O–H groups in total. The highest BCUT2D eigenvalue weighted by Crippen LogP contribution is 2.35. The topological polar surface area (TPSA) is 123 Å². The maximum Gasteiger partial charge on any atom is 0.323 e. The number of ether oxygens (including phenoxy) is 1. The molecular weight excluding hydrogens is 558 g/mol. The molecule has 0 aromatic heterocycles. The fourth-order valence-corrected chi connectivity index (χ4v) is 5.26. The summed E-state index contributed by atoms with van der Waals surface area (Å²) in [6, 6.07) is 26.3. The number of nitrogens with one attached hydrogen (secondary N) is 3. The predicted molar refractivity (Wildman–Crippen MR) is 172 cm³/mol. The molecule has 3 atom stereocenters. The fourth-order valence-electron chi connectivity index (χ4n) is 5.26. The number of nitrogens with zero attached hydrogens (tertiary/aromatic N) is 2. The molecule has 5 amide bonds. The van der Waals surface area contributed by atoms with Gasteiger partial charge in [-0.25, -0.2) is 9.59 Å². The lowest BCUT2D eigenvalue weighted by Gasteiger charge is -2.38. The largest absolute Gasteiger partial charge is 0.485 e. The third-order valence-electron chi connectivity index (χ3n) is 7.80. The third kappa shape index (κ3) is 6.76. The fraction of sp³-hybridized carbons (Fsp3) is 0.265. The molecule has 0 aliphatic carbocycles. The molecule has 10 heteroatoms. The van der Waals surface area contributed by atoms with E-state index in [0.29, 0.717) is 23.6 Å². The molecular formula is C34H37N5O5. The molecule has 0 saturated carbocycles. The Kier molecular flexibility index (Phi) is 9.30. The van der Waals surface area contributed by atoms with Crippen molar-refractivity contribution >= 4 is 45.8 Å². The average molecular weight is 596 g/mol. The molecule has 10 nitrogen and oxygen atoms in total. The van der Waals surface area contributed by atoms with E-state index >= 15 is 0 Å². The van der Waals surface area contributed by atoms with Crippen LogP contribution in [0, 0.1) is 5.92 Å². The summed E-state index contributed by atoms with van der Waals surface area (Å²) in [5.74, 6) is -0.351. The molecule has 5 rings (SSSR count). The molecule has 0 unspecified atom stereocenters. The van der Waals surface area contributed by atoms with Gasteiger partial charge >= 0.3 is 12.1 Å². The summed E-state index contributed by atoms with van der Waals surface area (Å²) in [4.78, 5) is 43.2. The van der Waals surface area contributed by atoms with Crippen molar-refractivity contribution in [2.24, 2.45) is 5.92 Å². The van der Waals surface area contributed by atoms with Crippen molar-refractivity contribution in [3.05, 3.63) is 96.6 Å². The van der Waals surface area contributed by atoms with E-state index in [-0.39, 0.29) is 42.3 Å². The Balaban J connectivity index is 1.41. The highest BCUT2D eigenvalue weighted by atomic mass is 16.5. The summed E-state index contributed by atoms with van der Waals surface area (Å²) in [6.07, 6.45) is -0.557. The Bertz CT molecular complexity index is 1640. The molecule has 4 aromatic rings. The van der Waals surface area contributed by atoms with E-state index in [2.05, 4.69) is 16.0 Å². The molecule has 228 valence electrons. The highest BCUT2D eigenvalue weighted by molar-refractivity contribution is 6.04. The van der Waals surface area contributed by atoms with Crippen molar-refractivity contribution in [1.29, 1.82) is 0 Å². The number of amides is 5. The van der Waals surface area contributed by atoms with Gasteiger partial charge in [-0.15, -0.1) is 0 Å². The zero-order valence-electron chi connectivity index (χ0n) is 25.0. The standard InChI is InChI=1S/C34H37N5O5/c1-22-19-39(23(2)21-40)32(41)27-16-10-18-29(36-33(42)35-25-13-5-4-6-14-25)31(27)44-30(22)20-38(3)34(43)37-28-17-9-12-24-11-7-8-15-26(24)28/h4-18,22-23,30,40H,19-21H2,1-3H3,(H,37,43)(H2,35,36,42)/t22-,23-,30+/m0/s1. The Labute approximate surface area is 256 Å². The van der Waals surface area contributed by atoms with Crippen LogP contribution in [0.2, 0.25) is 0 Å². The van der Waals surface area contributed by atoms with Crippen LogP contribution in [0.3, 0.4) is 0 Å². The number of urea groups is 2. The number of benzene rings is 4. The Hall–Kier alpha value is -5.09. The Morgan fingerprint density at radius 3 is 2.39 bits per heavy atom. The van der Waals surface area contributed by atoms with E-state index in [0.717, 1.165) is 10.8 Å². The van der Waals surface area contributed by atoms with Crippen LogP contribution in [0.4, 0.5) is 26.7 Å². The second-order valence-corrected chi connectivity index (χ2v) is 11.1. The van der Waals surface area contributed by atoms with Gasteiger partial charge in [-0.2, -0.15) is 0 Å². The van der Waals surface area contributed by atoms with E-state index in [1.807, 2.05) is 67.6 Å². The van der Waals surface area contributed by atoms with E-state index in [1.165, 1.54) is 0 Å². The van der Waals surface area contributed by atoms with Gasteiger partial charge in [0.1, 0.15) is 6.10 Å². The second kappa shape index (κ2) is 13.5. The summed E-state index contributed by atoms with van der Waals surface area (Å²) < 4.78 is 6.53. The van der Waals surface area contributed by atoms with Crippen molar-refractivity contribution in [1.82, 2.24) is 9.80 Å². The summed E-state index contributed by atoms with van der Waals surface area (Å²) in [5.41, 5.74) is 1.86. The number of rotatable bonds is 7. The molecule has 0 radical (unpaired) electrons. The minimum Gasteiger partial charge on any atom is -0.485 e. The van der Waals surface area contributed by atoms with Gasteiger partial charge in [0.25, 0.3) is 5.91 Å². The zero-order chi connectivity index (χ0) is 31.2. The molecule has 4 aromatic carbocycles. The van der Waals surface area contributed by atoms with Gasteiger partial charge in [0.2, 0.25) is 0 Å². The normalized spacial score (nSPS) is 17.0. The quantitative estimate of drug-likeness (QED) is 0.213. The van der Waals surface area contributed by atoms with Crippen LogP contribution in [0.1, 0.15) is 24.2 Å². The van der Waals surface area contributed by atoms with Crippen LogP contribution >= 0.6 is 0 Å². The SMILES string of the molecule is C[C@H]1CN([C@@H](C)CO)C(=O)c2cccc(NC(=O)Nc3ccccc3)c2O[C@@H]1CN(C)C(=O)Nc1cccc2ccccc12. The van der Waals surface area contributed by atoms with Gasteiger partial charge in [0.05, 0.1) is 36.1 Å². The molecule has 1 aliphatic heterocycles. The third-order valence-corrected chi connectivity index (χ3v) is 7.80. The first-order valence-electron chi connectivity index (χ1n) is 14.6. The minimum atomic E-state index is -0.557. The number of hydrogen-bond acceptors (Lipinski definition) is 5. The van der Waals surface area contributed by atoms with Gasteiger partial charge in [0, 0.05) is 30.6 Å². The lowest BCUT2D eigenvalue weighted by molar-refractivity contribution is 0.0373. The van der Waals surface area contributed by atoms with Crippen molar-refractivity contribution in [3.63, 3.8) is 0 Å². The van der Waals surface area contributed by atoms with Crippen molar-refractivity contribution in [3.8, 4) is 5.75 Å². The number of carbonyl (C=O) groups is 3. The monoisotopic (exact) mass is 595 g/mol. The molecule has 0 spiro atoms. The predicted octanol–water partition coefficient (Wildman–Crippen LogP) is 5.87. The number of carbonyl (C=O) groups excluding carboxylic acids is 3. The summed E-state index contributed by atoms with van der Waals surface area (Å²) in [7, 11) is 1.69. The van der Waals surface area contributed by atoms with Gasteiger partial charge < -0.3 is 35.6 Å². The van der Waals surface area contributed by atoms with Gasteiger partial charge in [0.15, 0.2) is 5.75 Å². The van der Waals surface area contributed by atoms with Crippen LogP contribution in [-0.2, 0) is 0 Å². The van der Waals surface area contributed by atoms with Gasteiger partial charge in [-0.3, -0.25) is 4.79 Å². The van der Waals surface area contributed by atoms with Gasteiger partial charge in [-0.05, 0) is 42.6 Å². The molecule has 0 saturated heterocycles. The first-order valence-corrected chi connectivity index (χ1v) is 14.6. The van der Waals surface area contributed by atoms with Crippen LogP contribution in [0.25, 0.3) is 10.8 Å². The average Bonchev–Trinajstić information content (AvgIpc) is 3.03. The van der Waals surface area contributed by atoms with E-state index < -0.39 is 18.2 Å². The van der Waals surface area contributed by atoms with Crippen molar-refractivity contribution in [2.75, 3.05) is 42.7 Å². The molecule has 44 heavy (non-hydrogen) atoms. The van der Waals surface area contributed by atoms with E-state index in [4.69, 9.17) is 4.74 Å². The molecule has 1 heterocycles. The maximum absolute atomic E-state index is 13.7. The number of anilines is 3. The lowest BCUT2D eigenvalue weighted by Crippen LogP contribution is -2.50. The zero-order valence-corrected chi connectivity index (χ0v) is 25.0. The van der Waals surface area contributed by atoms with Crippen molar-refractivity contribution in [2.45, 2.75) is 26.0 Å². The van der Waals surface area contributed by atoms with Crippen LogP contribution in [-0.4, -0.2) is 71.8 Å². The number of likely N-dealkylation sites (N-methyl/N-ethyl adjacent to an activating group) is 1. The summed E-state index contributed by atoms with van der Waals surface area (Å²) in [6.45, 7) is 3.99. The number of para-hydroxylation sites is 2. The smallest absolute Gasteiger partial charge is 0.323 e. The second-order valence-electron chi connectivity index (χ2n) is 11.1. The number of aliphatic hydroxyl groups excluding tert-OH is 1. The Morgan fingerprint density at radius 2 is 1.61 bits per heavy atom. The first-order chi connectivity index (χ1) is 21.2. The van der Waals surface area contributed by atoms with Crippen LogP contribution in [0.5, 0.6) is 5.75 Å². The van der Waals surface area contributed by atoms with E-state index in [1.54, 1.807) is 54.1 Å². The minimum absolute atomic E-state index is 0.192.